The van der Waals surface area contributed by atoms with Crippen LogP contribution in [0.5, 0.6) is 0 Å². The van der Waals surface area contributed by atoms with Gasteiger partial charge in [0.1, 0.15) is 6.10 Å². The summed E-state index contributed by atoms with van der Waals surface area (Å²) < 4.78 is 26.9. The first-order valence-electron chi connectivity index (χ1n) is 27.6. The van der Waals surface area contributed by atoms with E-state index >= 15 is 0 Å². The summed E-state index contributed by atoms with van der Waals surface area (Å²) in [6.45, 7) is 11.4. The van der Waals surface area contributed by atoms with Gasteiger partial charge in [-0.05, 0) is 25.7 Å². The Morgan fingerprint density at radius 3 is 0.763 bits per heavy atom. The Kier molecular flexibility index (Phi) is 50.7. The van der Waals surface area contributed by atoms with Crippen molar-refractivity contribution in [3.05, 3.63) is 0 Å². The lowest BCUT2D eigenvalue weighted by Crippen LogP contribution is -2.51. The largest absolute Gasteiger partial charge is 0.378 e. The molecule has 0 fully saturated rings. The number of rotatable bonds is 53. The second kappa shape index (κ2) is 50.7. The maximum Gasteiger partial charge on any atom is 0.300 e. The standard InChI is InChI=1S/C54H112O4Si/c1-5-9-13-17-21-25-28-31-34-38-42-46-50-55-53(49-45-41-37-24-20-16-12-8-4)54(58-59,56-51-47-43-39-35-32-29-26-22-18-14-10-6-2)57-52-48-44-40-36-33-30-27-23-19-15-11-7-3/h53H,5-52H2,1-4,59H3. The van der Waals surface area contributed by atoms with Crippen LogP contribution < -0.4 is 0 Å². The lowest BCUT2D eigenvalue weighted by atomic mass is 10.0. The normalized spacial score (nSPS) is 12.6. The molecular formula is C54H112O4Si. The second-order valence-electron chi connectivity index (χ2n) is 18.8. The van der Waals surface area contributed by atoms with Crippen molar-refractivity contribution in [3.63, 3.8) is 0 Å². The third kappa shape index (κ3) is 41.8. The molecule has 59 heavy (non-hydrogen) atoms. The van der Waals surface area contributed by atoms with Crippen molar-refractivity contribution in [1.29, 1.82) is 0 Å². The summed E-state index contributed by atoms with van der Waals surface area (Å²) in [6.07, 6.45) is 60.2. The van der Waals surface area contributed by atoms with Crippen LogP contribution >= 0.6 is 0 Å². The van der Waals surface area contributed by atoms with E-state index in [1.54, 1.807) is 0 Å². The molecule has 0 aliphatic heterocycles. The van der Waals surface area contributed by atoms with Crippen LogP contribution in [0, 0.1) is 0 Å². The van der Waals surface area contributed by atoms with Gasteiger partial charge in [-0.1, -0.05) is 291 Å². The van der Waals surface area contributed by atoms with Gasteiger partial charge in [0, 0.05) is 6.61 Å². The first kappa shape index (κ1) is 59.1. The van der Waals surface area contributed by atoms with Gasteiger partial charge >= 0.3 is 5.97 Å². The molecule has 0 heterocycles. The van der Waals surface area contributed by atoms with E-state index in [0.29, 0.717) is 23.7 Å². The van der Waals surface area contributed by atoms with Crippen molar-refractivity contribution >= 4 is 10.5 Å². The van der Waals surface area contributed by atoms with Crippen molar-refractivity contribution in [2.45, 2.75) is 329 Å². The number of hydrogen-bond acceptors (Lipinski definition) is 4. The smallest absolute Gasteiger partial charge is 0.300 e. The van der Waals surface area contributed by atoms with Crippen LogP contribution in [-0.2, 0) is 18.6 Å². The highest BCUT2D eigenvalue weighted by atomic mass is 28.2. The van der Waals surface area contributed by atoms with Crippen LogP contribution in [0.1, 0.15) is 317 Å². The van der Waals surface area contributed by atoms with Gasteiger partial charge in [-0.2, -0.15) is 0 Å². The molecule has 356 valence electrons. The molecule has 0 aliphatic rings. The molecule has 1 unspecified atom stereocenters. The summed E-state index contributed by atoms with van der Waals surface area (Å²) in [5.41, 5.74) is 0. The molecule has 1 atom stereocenters. The summed E-state index contributed by atoms with van der Waals surface area (Å²) in [5.74, 6) is -1.04. The van der Waals surface area contributed by atoms with E-state index in [-0.39, 0.29) is 6.10 Å². The molecule has 0 aromatic heterocycles. The minimum absolute atomic E-state index is 0.151. The number of unbranched alkanes of at least 4 members (excludes halogenated alkanes) is 40. The Morgan fingerprint density at radius 1 is 0.288 bits per heavy atom. The minimum Gasteiger partial charge on any atom is -0.378 e. The monoisotopic (exact) mass is 853 g/mol. The fourth-order valence-electron chi connectivity index (χ4n) is 8.79. The third-order valence-electron chi connectivity index (χ3n) is 12.9. The highest BCUT2D eigenvalue weighted by Crippen LogP contribution is 2.29. The summed E-state index contributed by atoms with van der Waals surface area (Å²) in [5, 5.41) is 0. The quantitative estimate of drug-likeness (QED) is 0.0347. The molecule has 0 bridgehead atoms. The van der Waals surface area contributed by atoms with Gasteiger partial charge in [-0.15, -0.1) is 0 Å². The third-order valence-corrected chi connectivity index (χ3v) is 13.5. The number of ether oxygens (including phenoxy) is 3. The zero-order valence-electron chi connectivity index (χ0n) is 41.7. The van der Waals surface area contributed by atoms with Gasteiger partial charge < -0.3 is 18.6 Å². The maximum atomic E-state index is 6.83. The number of hydrogen-bond donors (Lipinski definition) is 0. The predicted molar refractivity (Wildman–Crippen MR) is 266 cm³/mol. The van der Waals surface area contributed by atoms with Gasteiger partial charge in [0.05, 0.1) is 13.2 Å². The van der Waals surface area contributed by atoms with Crippen LogP contribution in [0.4, 0.5) is 0 Å². The highest BCUT2D eigenvalue weighted by molar-refractivity contribution is 5.98. The van der Waals surface area contributed by atoms with Crippen LogP contribution in [0.25, 0.3) is 0 Å². The molecular weight excluding hydrogens is 741 g/mol. The molecule has 0 aromatic rings. The average Bonchev–Trinajstić information content (AvgIpc) is 3.25. The Balaban J connectivity index is 5.08. The van der Waals surface area contributed by atoms with Gasteiger partial charge in [0.25, 0.3) is 0 Å². The highest BCUT2D eigenvalue weighted by Gasteiger charge is 2.42. The van der Waals surface area contributed by atoms with Gasteiger partial charge in [-0.3, -0.25) is 0 Å². The molecule has 0 amide bonds. The first-order valence-corrected chi connectivity index (χ1v) is 28.5. The van der Waals surface area contributed by atoms with Crippen LogP contribution in [0.2, 0.25) is 0 Å². The maximum absolute atomic E-state index is 6.83. The van der Waals surface area contributed by atoms with Crippen molar-refractivity contribution in [2.75, 3.05) is 19.8 Å². The second-order valence-corrected chi connectivity index (χ2v) is 19.2. The zero-order valence-corrected chi connectivity index (χ0v) is 43.7. The fourth-order valence-corrected chi connectivity index (χ4v) is 9.28. The molecule has 0 N–H and O–H groups in total. The van der Waals surface area contributed by atoms with Gasteiger partial charge in [-0.25, -0.2) is 0 Å². The van der Waals surface area contributed by atoms with E-state index in [4.69, 9.17) is 18.6 Å². The van der Waals surface area contributed by atoms with Crippen LogP contribution in [0.3, 0.4) is 0 Å². The molecule has 0 radical (unpaired) electrons. The van der Waals surface area contributed by atoms with E-state index in [1.165, 1.54) is 257 Å². The molecule has 0 rings (SSSR count). The van der Waals surface area contributed by atoms with Crippen molar-refractivity contribution < 1.29 is 18.6 Å². The lowest BCUT2D eigenvalue weighted by Gasteiger charge is -2.39. The predicted octanol–water partition coefficient (Wildman–Crippen LogP) is 18.0. The van der Waals surface area contributed by atoms with Gasteiger partial charge in [0.2, 0.25) is 0 Å². The summed E-state index contributed by atoms with van der Waals surface area (Å²) in [6, 6.07) is 0. The lowest BCUT2D eigenvalue weighted by molar-refractivity contribution is -0.387. The summed E-state index contributed by atoms with van der Waals surface area (Å²) in [4.78, 5) is 0. The van der Waals surface area contributed by atoms with Crippen molar-refractivity contribution in [3.8, 4) is 0 Å². The molecule has 0 saturated carbocycles. The molecule has 0 spiro atoms. The van der Waals surface area contributed by atoms with E-state index in [2.05, 4.69) is 27.7 Å². The van der Waals surface area contributed by atoms with Crippen molar-refractivity contribution in [1.82, 2.24) is 0 Å². The summed E-state index contributed by atoms with van der Waals surface area (Å²) >= 11 is 0. The van der Waals surface area contributed by atoms with E-state index in [0.717, 1.165) is 38.7 Å². The Labute approximate surface area is 376 Å². The molecule has 0 saturated heterocycles. The first-order chi connectivity index (χ1) is 29.2. The minimum atomic E-state index is -1.04. The Morgan fingerprint density at radius 2 is 0.508 bits per heavy atom. The SMILES string of the molecule is CCCCCCCCCCCCCCOC(CCCCCCCCCC)C(O[SiH3])(OCCCCCCCCCCCCCC)OCCCCCCCCCCCCCC. The molecule has 0 aromatic carbocycles. The fraction of sp³-hybridized carbons (Fsp3) is 1.00. The Hall–Kier alpha value is 0.0569. The average molecular weight is 854 g/mol. The molecule has 4 nitrogen and oxygen atoms in total. The van der Waals surface area contributed by atoms with Crippen molar-refractivity contribution in [2.24, 2.45) is 0 Å². The molecule has 5 heteroatoms. The van der Waals surface area contributed by atoms with E-state index < -0.39 is 5.97 Å². The van der Waals surface area contributed by atoms with E-state index in [9.17, 15) is 0 Å². The topological polar surface area (TPSA) is 36.9 Å². The van der Waals surface area contributed by atoms with Crippen LogP contribution in [-0.4, -0.2) is 42.4 Å². The Bertz CT molecular complexity index is 720. The van der Waals surface area contributed by atoms with Crippen LogP contribution in [0.15, 0.2) is 0 Å². The van der Waals surface area contributed by atoms with E-state index in [1.807, 2.05) is 0 Å². The van der Waals surface area contributed by atoms with Gasteiger partial charge in [0.15, 0.2) is 10.5 Å². The molecule has 0 aliphatic carbocycles. The zero-order chi connectivity index (χ0) is 42.8. The summed E-state index contributed by atoms with van der Waals surface area (Å²) in [7, 11) is 0.579.